The van der Waals surface area contributed by atoms with Crippen LogP contribution >= 0.6 is 0 Å². The number of methoxy groups -OCH3 is 1. The maximum atomic E-state index is 14.7. The largest absolute Gasteiger partial charge is 0.495 e. The summed E-state index contributed by atoms with van der Waals surface area (Å²) in [6.45, 7) is 3.09. The molecule has 3 rings (SSSR count). The fraction of sp³-hybridized carbons (Fsp3) is 0.409. The van der Waals surface area contributed by atoms with Crippen molar-refractivity contribution < 1.29 is 35.9 Å². The van der Waals surface area contributed by atoms with Crippen molar-refractivity contribution in [1.29, 1.82) is 0 Å². The van der Waals surface area contributed by atoms with Gasteiger partial charge in [0.25, 0.3) is 0 Å². The average Bonchev–Trinajstić information content (AvgIpc) is 2.70. The molecule has 2 aromatic rings. The minimum atomic E-state index is -4.82. The molecule has 6 nitrogen and oxygen atoms in total. The Morgan fingerprint density at radius 2 is 2.06 bits per heavy atom. The molecule has 172 valence electrons. The number of carbonyl (C=O) groups excluding carboxylic acids is 1. The lowest BCUT2D eigenvalue weighted by molar-refractivity contribution is -0.249. The number of amidine groups is 1. The Balaban J connectivity index is 1.88. The first-order valence-electron chi connectivity index (χ1n) is 11.0. The van der Waals surface area contributed by atoms with Gasteiger partial charge in [0.1, 0.15) is 28.6 Å². The zero-order valence-corrected chi connectivity index (χ0v) is 17.5. The monoisotopic (exact) mass is 456 g/mol. The molecule has 2 heterocycles. The summed E-state index contributed by atoms with van der Waals surface area (Å²) in [5.41, 5.74) is 1.95. The third-order valence-corrected chi connectivity index (χ3v) is 5.45. The van der Waals surface area contributed by atoms with Crippen LogP contribution in [0, 0.1) is 12.7 Å². The summed E-state index contributed by atoms with van der Waals surface area (Å²) in [4.78, 5) is 20.8. The standard InChI is InChI=1S/C22H23F4N3O3/c1-12-7-14(31-4)10-28-18(12)17(30)9-13-5-6-16(23)15(8-13)20(2)11-32-21(3,19(27)29-20)22(24,25)26/h5-8,10H,9,11H2,1-4H3,(H2,27,29)/t20-,21+/m0/s1/i4D3. The molecule has 2 atom stereocenters. The molecule has 1 aromatic heterocycles. The number of rotatable bonds is 5. The van der Waals surface area contributed by atoms with Gasteiger partial charge in [-0.15, -0.1) is 0 Å². The highest BCUT2D eigenvalue weighted by Gasteiger charge is 2.59. The maximum Gasteiger partial charge on any atom is 0.424 e. The van der Waals surface area contributed by atoms with E-state index in [0.29, 0.717) is 11.1 Å². The number of nitrogens with zero attached hydrogens (tertiary/aromatic N) is 2. The lowest BCUT2D eigenvalue weighted by atomic mass is 9.88. The van der Waals surface area contributed by atoms with Crippen LogP contribution in [0.5, 0.6) is 5.75 Å². The van der Waals surface area contributed by atoms with E-state index >= 15 is 0 Å². The molecular weight excluding hydrogens is 430 g/mol. The molecule has 1 aliphatic rings. The van der Waals surface area contributed by atoms with E-state index in [9.17, 15) is 22.4 Å². The summed E-state index contributed by atoms with van der Waals surface area (Å²) >= 11 is 0. The van der Waals surface area contributed by atoms with E-state index in [1.165, 1.54) is 25.1 Å². The second kappa shape index (κ2) is 8.16. The zero-order chi connectivity index (χ0) is 26.4. The molecule has 0 fully saturated rings. The quantitative estimate of drug-likeness (QED) is 0.545. The molecule has 10 heteroatoms. The van der Waals surface area contributed by atoms with Crippen molar-refractivity contribution in [1.82, 2.24) is 4.98 Å². The van der Waals surface area contributed by atoms with Crippen LogP contribution < -0.4 is 10.5 Å². The first kappa shape index (κ1) is 19.7. The number of aromatic nitrogens is 1. The molecular formula is C22H23F4N3O3. The van der Waals surface area contributed by atoms with Crippen LogP contribution in [0.25, 0.3) is 0 Å². The van der Waals surface area contributed by atoms with E-state index in [0.717, 1.165) is 19.2 Å². The highest BCUT2D eigenvalue weighted by molar-refractivity contribution is 5.97. The SMILES string of the molecule is [2H]C([2H])([2H])Oc1cnc(C(=O)Cc2ccc(F)c([C@]3(C)CO[C@@](C)(C(F)(F)F)C(N)=N3)c2)c(C)c1. The molecule has 1 aromatic carbocycles. The number of hydrogen-bond acceptors (Lipinski definition) is 6. The summed E-state index contributed by atoms with van der Waals surface area (Å²) in [5.74, 6) is -2.06. The molecule has 0 radical (unpaired) electrons. The fourth-order valence-corrected chi connectivity index (χ4v) is 3.39. The molecule has 0 amide bonds. The number of nitrogens with two attached hydrogens (primary N) is 1. The van der Waals surface area contributed by atoms with Crippen LogP contribution in [0.2, 0.25) is 0 Å². The van der Waals surface area contributed by atoms with Gasteiger partial charge in [-0.1, -0.05) is 6.07 Å². The van der Waals surface area contributed by atoms with Crippen molar-refractivity contribution in [2.45, 2.75) is 44.5 Å². The Kier molecular flexibility index (Phi) is 5.01. The van der Waals surface area contributed by atoms with Gasteiger partial charge in [0.05, 0.1) is 24.0 Å². The number of hydrogen-bond donors (Lipinski definition) is 1. The summed E-state index contributed by atoms with van der Waals surface area (Å²) in [6.07, 6.45) is -3.92. The van der Waals surface area contributed by atoms with E-state index in [2.05, 4.69) is 9.98 Å². The van der Waals surface area contributed by atoms with Gasteiger partial charge in [-0.05, 0) is 50.1 Å². The number of ether oxygens (including phenoxy) is 2. The van der Waals surface area contributed by atoms with E-state index in [1.807, 2.05) is 0 Å². The number of aryl methyl sites for hydroxylation is 1. The highest BCUT2D eigenvalue weighted by Crippen LogP contribution is 2.41. The van der Waals surface area contributed by atoms with Gasteiger partial charge in [-0.25, -0.2) is 9.37 Å². The smallest absolute Gasteiger partial charge is 0.424 e. The van der Waals surface area contributed by atoms with Crippen LogP contribution in [0.15, 0.2) is 35.5 Å². The molecule has 1 aliphatic heterocycles. The molecule has 0 saturated carbocycles. The minimum absolute atomic E-state index is 0.0327. The normalized spacial score (nSPS) is 25.3. The van der Waals surface area contributed by atoms with Crippen LogP contribution in [-0.4, -0.2) is 42.0 Å². The van der Waals surface area contributed by atoms with Crippen molar-refractivity contribution in [2.24, 2.45) is 10.7 Å². The van der Waals surface area contributed by atoms with E-state index in [1.54, 1.807) is 6.92 Å². The van der Waals surface area contributed by atoms with Crippen molar-refractivity contribution in [2.75, 3.05) is 13.6 Å². The molecule has 0 spiro atoms. The molecule has 32 heavy (non-hydrogen) atoms. The Labute approximate surface area is 186 Å². The van der Waals surface area contributed by atoms with E-state index in [-0.39, 0.29) is 23.4 Å². The maximum absolute atomic E-state index is 14.7. The summed E-state index contributed by atoms with van der Waals surface area (Å²) < 4.78 is 86.1. The minimum Gasteiger partial charge on any atom is -0.495 e. The van der Waals surface area contributed by atoms with Gasteiger partial charge < -0.3 is 15.2 Å². The molecule has 0 aliphatic carbocycles. The van der Waals surface area contributed by atoms with Gasteiger partial charge in [0.2, 0.25) is 5.60 Å². The Hall–Kier alpha value is -3.01. The molecule has 2 N–H and O–H groups in total. The number of benzene rings is 1. The third kappa shape index (κ3) is 4.19. The third-order valence-electron chi connectivity index (χ3n) is 5.45. The van der Waals surface area contributed by atoms with Gasteiger partial charge in [-0.3, -0.25) is 9.79 Å². The number of pyridine rings is 1. The summed E-state index contributed by atoms with van der Waals surface area (Å²) in [6, 6.07) is 5.13. The Morgan fingerprint density at radius 1 is 1.34 bits per heavy atom. The highest BCUT2D eigenvalue weighted by atomic mass is 19.4. The van der Waals surface area contributed by atoms with Gasteiger partial charge in [0.15, 0.2) is 5.78 Å². The molecule has 0 saturated heterocycles. The van der Waals surface area contributed by atoms with Gasteiger partial charge >= 0.3 is 6.18 Å². The first-order valence-corrected chi connectivity index (χ1v) is 9.49. The average molecular weight is 456 g/mol. The molecule has 0 unspecified atom stereocenters. The van der Waals surface area contributed by atoms with Gasteiger partial charge in [-0.2, -0.15) is 13.2 Å². The van der Waals surface area contributed by atoms with Crippen LogP contribution in [0.3, 0.4) is 0 Å². The van der Waals surface area contributed by atoms with Gasteiger partial charge in [0, 0.05) is 12.0 Å². The van der Waals surface area contributed by atoms with Crippen molar-refractivity contribution in [3.63, 3.8) is 0 Å². The number of aliphatic imine (C=N–C) groups is 1. The van der Waals surface area contributed by atoms with Crippen LogP contribution in [0.4, 0.5) is 17.6 Å². The Bertz CT molecular complexity index is 1190. The van der Waals surface area contributed by atoms with Crippen molar-refractivity contribution in [3.05, 3.63) is 58.7 Å². The second-order valence-electron chi connectivity index (χ2n) is 7.94. The predicted molar refractivity (Wildman–Crippen MR) is 109 cm³/mol. The summed E-state index contributed by atoms with van der Waals surface area (Å²) in [5, 5.41) is 0. The van der Waals surface area contributed by atoms with E-state index < -0.39 is 48.4 Å². The Morgan fingerprint density at radius 3 is 2.66 bits per heavy atom. The van der Waals surface area contributed by atoms with Crippen molar-refractivity contribution >= 4 is 11.6 Å². The number of alkyl halides is 3. The lowest BCUT2D eigenvalue weighted by Gasteiger charge is -2.41. The van der Waals surface area contributed by atoms with E-state index in [4.69, 9.17) is 19.3 Å². The number of carbonyl (C=O) groups is 1. The summed E-state index contributed by atoms with van der Waals surface area (Å²) in [7, 11) is -2.67. The predicted octanol–water partition coefficient (Wildman–Crippen LogP) is 3.89. The second-order valence-corrected chi connectivity index (χ2v) is 7.94. The van der Waals surface area contributed by atoms with Crippen LogP contribution in [0.1, 0.15) is 45.1 Å². The molecule has 0 bridgehead atoms. The number of ketones is 1. The first-order chi connectivity index (χ1) is 15.9. The topological polar surface area (TPSA) is 86.8 Å². The number of Topliss-reactive ketones (excluding diaryl/α,β-unsaturated/α-hetero) is 1. The lowest BCUT2D eigenvalue weighted by Crippen LogP contribution is -2.60. The number of halogens is 4. The van der Waals surface area contributed by atoms with Crippen LogP contribution in [-0.2, 0) is 16.7 Å². The van der Waals surface area contributed by atoms with Crippen molar-refractivity contribution in [3.8, 4) is 5.75 Å². The zero-order valence-electron chi connectivity index (χ0n) is 20.5. The fourth-order valence-electron chi connectivity index (χ4n) is 3.39.